The normalized spacial score (nSPS) is 17.7. The van der Waals surface area contributed by atoms with Crippen LogP contribution in [0.4, 0.5) is 0 Å². The van der Waals surface area contributed by atoms with Crippen LogP contribution in [0.3, 0.4) is 0 Å². The maximum atomic E-state index is 2.81. The Hall–Kier alpha value is 0.690. The van der Waals surface area contributed by atoms with Gasteiger partial charge in [-0.3, -0.25) is 0 Å². The second kappa shape index (κ2) is 16.6. The molecule has 1 atom stereocenters. The minimum absolute atomic E-state index is 0.884. The largest absolute Gasteiger partial charge is 0.313 e. The molecule has 1 heterocycles. The van der Waals surface area contributed by atoms with Crippen molar-refractivity contribution in [3.63, 3.8) is 0 Å². The number of hydrogen-bond donors (Lipinski definition) is 0. The molecule has 0 aromatic rings. The van der Waals surface area contributed by atoms with Gasteiger partial charge in [0.15, 0.2) is 0 Å². The van der Waals surface area contributed by atoms with Crippen molar-refractivity contribution in [1.29, 1.82) is 0 Å². The van der Waals surface area contributed by atoms with Gasteiger partial charge in [0.25, 0.3) is 0 Å². The average Bonchev–Trinajstić information content (AvgIpc) is 3.13. The summed E-state index contributed by atoms with van der Waals surface area (Å²) in [7, 11) is 0. The van der Waals surface area contributed by atoms with Crippen LogP contribution in [0.15, 0.2) is 0 Å². The Morgan fingerprint density at radius 3 is 1.54 bits per heavy atom. The first kappa shape index (κ1) is 24.7. The zero-order valence-corrected chi connectivity index (χ0v) is 20.4. The lowest BCUT2D eigenvalue weighted by Gasteiger charge is -2.39. The minimum atomic E-state index is 0.884. The molecular weight excluding hydrogens is 429 g/mol. The van der Waals surface area contributed by atoms with Crippen LogP contribution in [0.25, 0.3) is 0 Å². The molecule has 0 radical (unpaired) electrons. The van der Waals surface area contributed by atoms with Gasteiger partial charge < -0.3 is 4.48 Å². The first-order valence-corrected chi connectivity index (χ1v) is 13.5. The van der Waals surface area contributed by atoms with E-state index in [2.05, 4.69) is 36.4 Å². The van der Waals surface area contributed by atoms with Gasteiger partial charge in [-0.05, 0) is 41.9 Å². The quantitative estimate of drug-likeness (QED) is 0.0608. The van der Waals surface area contributed by atoms with Crippen molar-refractivity contribution in [2.24, 2.45) is 0 Å². The van der Waals surface area contributed by atoms with E-state index < -0.39 is 0 Å². The predicted octanol–water partition coefficient (Wildman–Crippen LogP) is 8.64. The summed E-state index contributed by atoms with van der Waals surface area (Å²) in [6.45, 7) is 9.03. The van der Waals surface area contributed by atoms with Crippen molar-refractivity contribution < 1.29 is 4.48 Å². The van der Waals surface area contributed by atoms with Crippen molar-refractivity contribution >= 4 is 22.6 Å². The number of unbranched alkanes of at least 4 members (excludes halogenated alkanes) is 13. The molecule has 1 saturated heterocycles. The Morgan fingerprint density at radius 2 is 1.04 bits per heavy atom. The number of quaternary nitrogens is 1. The van der Waals surface area contributed by atoms with E-state index in [9.17, 15) is 0 Å². The molecule has 1 aliphatic heterocycles. The summed E-state index contributed by atoms with van der Waals surface area (Å²) in [5.74, 6) is 0. The van der Waals surface area contributed by atoms with Crippen molar-refractivity contribution in [2.45, 2.75) is 133 Å². The molecule has 1 rings (SSSR count). The Labute approximate surface area is 179 Å². The summed E-state index contributed by atoms with van der Waals surface area (Å²) in [5, 5.41) is 0. The number of likely N-dealkylation sites (tertiary alicyclic amines) is 1. The Morgan fingerprint density at radius 1 is 0.615 bits per heavy atom. The Balaban J connectivity index is 1.99. The van der Waals surface area contributed by atoms with E-state index in [0.29, 0.717) is 0 Å². The van der Waals surface area contributed by atoms with Gasteiger partial charge in [0.1, 0.15) is 4.05 Å². The zero-order valence-electron chi connectivity index (χ0n) is 18.3. The molecule has 0 spiro atoms. The zero-order chi connectivity index (χ0) is 18.9. The van der Waals surface area contributed by atoms with Gasteiger partial charge in [0.2, 0.25) is 0 Å². The van der Waals surface area contributed by atoms with E-state index in [1.807, 2.05) is 0 Å². The molecule has 1 fully saturated rings. The number of halogens is 1. The van der Waals surface area contributed by atoms with Crippen LogP contribution >= 0.6 is 22.6 Å². The summed E-state index contributed by atoms with van der Waals surface area (Å²) in [6.07, 6.45) is 26.3. The van der Waals surface area contributed by atoms with Crippen LogP contribution in [0.1, 0.15) is 129 Å². The lowest BCUT2D eigenvalue weighted by Crippen LogP contribution is -2.51. The molecule has 156 valence electrons. The second-order valence-electron chi connectivity index (χ2n) is 8.92. The molecule has 1 unspecified atom stereocenters. The molecule has 0 amide bonds. The van der Waals surface area contributed by atoms with Crippen molar-refractivity contribution in [1.82, 2.24) is 0 Å². The SMILES string of the molecule is CCCCCCCCCCCCCCC(I)[N+]1(CCCCC)CCCC1. The highest BCUT2D eigenvalue weighted by molar-refractivity contribution is 14.1. The van der Waals surface area contributed by atoms with Crippen molar-refractivity contribution in [3.8, 4) is 0 Å². The maximum absolute atomic E-state index is 2.81. The van der Waals surface area contributed by atoms with E-state index in [1.165, 1.54) is 140 Å². The highest BCUT2D eigenvalue weighted by Crippen LogP contribution is 2.31. The second-order valence-corrected chi connectivity index (χ2v) is 10.4. The third kappa shape index (κ3) is 10.9. The van der Waals surface area contributed by atoms with E-state index in [-0.39, 0.29) is 0 Å². The maximum Gasteiger partial charge on any atom is 0.139 e. The van der Waals surface area contributed by atoms with Crippen molar-refractivity contribution in [2.75, 3.05) is 19.6 Å². The topological polar surface area (TPSA) is 0 Å². The number of rotatable bonds is 18. The first-order valence-electron chi connectivity index (χ1n) is 12.2. The molecular formula is C24H49IN+. The average molecular weight is 479 g/mol. The lowest BCUT2D eigenvalue weighted by molar-refractivity contribution is -0.923. The summed E-state index contributed by atoms with van der Waals surface area (Å²) in [5.41, 5.74) is 0. The highest BCUT2D eigenvalue weighted by Gasteiger charge is 2.37. The molecule has 0 aliphatic carbocycles. The fourth-order valence-corrected chi connectivity index (χ4v) is 5.99. The molecule has 0 saturated carbocycles. The number of alkyl halides is 1. The van der Waals surface area contributed by atoms with Crippen LogP contribution in [-0.4, -0.2) is 28.2 Å². The third-order valence-corrected chi connectivity index (χ3v) is 8.36. The standard InChI is InChI=1S/C24H49IN/c1-3-5-7-8-9-10-11-12-13-14-15-16-20-24(25)26(21-17-6-4-2)22-18-19-23-26/h24H,3-23H2,1-2H3/q+1. The predicted molar refractivity (Wildman–Crippen MR) is 127 cm³/mol. The fraction of sp³-hybridized carbons (Fsp3) is 1.00. The lowest BCUT2D eigenvalue weighted by atomic mass is 10.0. The smallest absolute Gasteiger partial charge is 0.139 e. The Bertz CT molecular complexity index is 299. The summed E-state index contributed by atoms with van der Waals surface area (Å²) < 4.78 is 2.34. The molecule has 1 aliphatic rings. The van der Waals surface area contributed by atoms with Crippen LogP contribution in [-0.2, 0) is 0 Å². The molecule has 0 N–H and O–H groups in total. The fourth-order valence-electron chi connectivity index (χ4n) is 4.71. The first-order chi connectivity index (χ1) is 12.7. The van der Waals surface area contributed by atoms with Crippen LogP contribution in [0.5, 0.6) is 0 Å². The van der Waals surface area contributed by atoms with E-state index in [4.69, 9.17) is 0 Å². The van der Waals surface area contributed by atoms with Crippen molar-refractivity contribution in [3.05, 3.63) is 0 Å². The van der Waals surface area contributed by atoms with Gasteiger partial charge in [-0.25, -0.2) is 0 Å². The van der Waals surface area contributed by atoms with E-state index >= 15 is 0 Å². The molecule has 1 nitrogen and oxygen atoms in total. The molecule has 26 heavy (non-hydrogen) atoms. The third-order valence-electron chi connectivity index (χ3n) is 6.55. The molecule has 0 bridgehead atoms. The highest BCUT2D eigenvalue weighted by atomic mass is 127. The number of nitrogens with zero attached hydrogens (tertiary/aromatic N) is 1. The van der Waals surface area contributed by atoms with Gasteiger partial charge in [0.05, 0.1) is 19.6 Å². The number of hydrogen-bond acceptors (Lipinski definition) is 0. The van der Waals surface area contributed by atoms with Gasteiger partial charge in [-0.2, -0.15) is 0 Å². The molecule has 0 aromatic carbocycles. The van der Waals surface area contributed by atoms with Crippen LogP contribution in [0, 0.1) is 0 Å². The summed E-state index contributed by atoms with van der Waals surface area (Å²) in [6, 6.07) is 0. The minimum Gasteiger partial charge on any atom is -0.313 e. The molecule has 2 heteroatoms. The Kier molecular flexibility index (Phi) is 15.8. The van der Waals surface area contributed by atoms with Crippen LogP contribution < -0.4 is 0 Å². The summed E-state index contributed by atoms with van der Waals surface area (Å²) >= 11 is 2.81. The van der Waals surface area contributed by atoms with Gasteiger partial charge in [0, 0.05) is 19.3 Å². The van der Waals surface area contributed by atoms with Crippen LogP contribution in [0.2, 0.25) is 0 Å². The van der Waals surface area contributed by atoms with E-state index in [1.54, 1.807) is 0 Å². The monoisotopic (exact) mass is 478 g/mol. The van der Waals surface area contributed by atoms with Gasteiger partial charge in [-0.1, -0.05) is 90.9 Å². The van der Waals surface area contributed by atoms with Gasteiger partial charge in [-0.15, -0.1) is 0 Å². The van der Waals surface area contributed by atoms with Gasteiger partial charge >= 0.3 is 0 Å². The van der Waals surface area contributed by atoms with E-state index in [0.717, 1.165) is 4.05 Å². The summed E-state index contributed by atoms with van der Waals surface area (Å²) in [4.78, 5) is 0. The molecule has 0 aromatic heterocycles.